The van der Waals surface area contributed by atoms with Crippen LogP contribution in [-0.4, -0.2) is 39.0 Å². The molecule has 0 aliphatic heterocycles. The molecular weight excluding hydrogens is 1310 g/mol. The van der Waals surface area contributed by atoms with Gasteiger partial charge in [-0.3, -0.25) is 0 Å². The number of rotatable bonds is 10. The number of fused-ring (bicyclic) bond motifs is 12. The zero-order chi connectivity index (χ0) is 69.2. The molecule has 20 aromatic rings. The van der Waals surface area contributed by atoms with E-state index in [1.165, 1.54) is 67.8 Å². The molecule has 104 heavy (non-hydrogen) atoms. The molecule has 0 radical (unpaired) electrons. The van der Waals surface area contributed by atoms with Crippen LogP contribution in [0.15, 0.2) is 328 Å². The lowest BCUT2D eigenvalue weighted by Crippen LogP contribution is -2.01. The third-order valence-corrected chi connectivity index (χ3v) is 21.8. The minimum absolute atomic E-state index is 0.517. The molecule has 0 amide bonds. The van der Waals surface area contributed by atoms with Gasteiger partial charge < -0.3 is 9.13 Å². The Bertz CT molecular complexity index is 6840. The molecule has 0 saturated carbocycles. The summed E-state index contributed by atoms with van der Waals surface area (Å²) in [6, 6.07) is 117. The minimum Gasteiger partial charge on any atom is -0.309 e. The van der Waals surface area contributed by atoms with Gasteiger partial charge in [0.15, 0.2) is 34.9 Å². The Morgan fingerprint density at radius 1 is 0.231 bits per heavy atom. The second-order valence-corrected chi connectivity index (χ2v) is 27.7. The Morgan fingerprint density at radius 3 is 1.07 bits per heavy atom. The summed E-state index contributed by atoms with van der Waals surface area (Å²) in [5, 5.41) is 29.1. The van der Waals surface area contributed by atoms with Gasteiger partial charge in [0.05, 0.1) is 45.3 Å². The van der Waals surface area contributed by atoms with Gasteiger partial charge in [-0.2, -0.15) is 10.5 Å². The first-order valence-electron chi connectivity index (χ1n) is 34.2. The van der Waals surface area contributed by atoms with Gasteiger partial charge in [-0.1, -0.05) is 243 Å². The van der Waals surface area contributed by atoms with Gasteiger partial charge in [0.25, 0.3) is 0 Å². The lowest BCUT2D eigenvalue weighted by Gasteiger charge is -2.12. The Labute approximate surface area is 604 Å². The highest BCUT2D eigenvalue weighted by atomic mass is 32.1. The molecule has 0 spiro atoms. The molecule has 0 aliphatic carbocycles. The van der Waals surface area contributed by atoms with Crippen molar-refractivity contribution in [2.75, 3.05) is 0 Å². The summed E-state index contributed by atoms with van der Waals surface area (Å²) >= 11 is 3.69. The quantitative estimate of drug-likeness (QED) is 0.132. The smallest absolute Gasteiger partial charge is 0.164 e. The summed E-state index contributed by atoms with van der Waals surface area (Å²) in [5.74, 6) is 3.49. The summed E-state index contributed by atoms with van der Waals surface area (Å²) in [6.45, 7) is 0. The van der Waals surface area contributed by atoms with Gasteiger partial charge in [-0.05, 0) is 107 Å². The lowest BCUT2D eigenvalue weighted by molar-refractivity contribution is 1.07. The van der Waals surface area contributed by atoms with Crippen molar-refractivity contribution in [1.82, 2.24) is 39.0 Å². The van der Waals surface area contributed by atoms with E-state index in [0.717, 1.165) is 83.2 Å². The molecule has 0 bridgehead atoms. The Hall–Kier alpha value is -13.9. The molecule has 0 saturated heterocycles. The summed E-state index contributed by atoms with van der Waals surface area (Å²) in [4.78, 5) is 29.7. The standard InChI is InChI=1S/2C46H27N5S/c47-28-29-21-24-40-39(25-29)36-23-22-32(35-18-10-19-38-37-17-7-8-20-42(37)52-43(35)38)27-41(36)51(40)34-16-9-15-33(26-34)46-49-44(30-11-3-1-4-12-30)48-45(50-46)31-13-5-2-6-14-31;47-28-29-11-8-14-32(25-29)45-48-44(30-12-2-1-3-13-30)49-46(50-45)33-15-9-16-34(26-33)51-40-21-6-4-17-36(40)37-24-23-31(27-41(37)51)35-19-10-20-39-38-18-5-7-22-42(38)52-43(35)39/h2*1-27H. The van der Waals surface area contributed by atoms with Gasteiger partial charge in [0.1, 0.15) is 0 Å². The van der Waals surface area contributed by atoms with Crippen LogP contribution in [0.25, 0.3) is 186 Å². The van der Waals surface area contributed by atoms with Crippen molar-refractivity contribution in [1.29, 1.82) is 10.5 Å². The van der Waals surface area contributed by atoms with Crippen LogP contribution in [0.4, 0.5) is 0 Å². The van der Waals surface area contributed by atoms with Crippen LogP contribution in [0, 0.1) is 22.7 Å². The van der Waals surface area contributed by atoms with Crippen molar-refractivity contribution in [2.45, 2.75) is 0 Å². The van der Waals surface area contributed by atoms with Crippen LogP contribution in [-0.2, 0) is 0 Å². The normalized spacial score (nSPS) is 11.4. The second kappa shape index (κ2) is 25.7. The fraction of sp³-hybridized carbons (Fsp3) is 0. The molecule has 14 aromatic carbocycles. The summed E-state index contributed by atoms with van der Waals surface area (Å²) in [5.41, 5.74) is 17.5. The van der Waals surface area contributed by atoms with Crippen molar-refractivity contribution < 1.29 is 0 Å². The van der Waals surface area contributed by atoms with E-state index >= 15 is 0 Å². The van der Waals surface area contributed by atoms with E-state index in [-0.39, 0.29) is 0 Å². The molecule has 10 nitrogen and oxygen atoms in total. The van der Waals surface area contributed by atoms with Crippen molar-refractivity contribution in [3.63, 3.8) is 0 Å². The van der Waals surface area contributed by atoms with E-state index in [0.29, 0.717) is 46.1 Å². The number of nitrogens with zero attached hydrogens (tertiary/aromatic N) is 10. The summed E-state index contributed by atoms with van der Waals surface area (Å²) < 4.78 is 9.79. The van der Waals surface area contributed by atoms with Crippen LogP contribution < -0.4 is 0 Å². The average Bonchev–Trinajstić information content (AvgIpc) is 1.60. The number of nitriles is 2. The molecule has 0 aliphatic rings. The highest BCUT2D eigenvalue weighted by molar-refractivity contribution is 7.26. The number of hydrogen-bond donors (Lipinski definition) is 0. The van der Waals surface area contributed by atoms with E-state index in [9.17, 15) is 10.5 Å². The van der Waals surface area contributed by atoms with Crippen LogP contribution >= 0.6 is 22.7 Å². The van der Waals surface area contributed by atoms with Crippen molar-refractivity contribution in [3.8, 4) is 114 Å². The van der Waals surface area contributed by atoms with Crippen LogP contribution in [0.2, 0.25) is 0 Å². The van der Waals surface area contributed by atoms with E-state index in [1.54, 1.807) is 6.07 Å². The molecule has 0 fully saturated rings. The third kappa shape index (κ3) is 10.9. The number of thiophene rings is 2. The van der Waals surface area contributed by atoms with Gasteiger partial charge in [0.2, 0.25) is 0 Å². The molecule has 12 heteroatoms. The first-order valence-corrected chi connectivity index (χ1v) is 35.8. The molecule has 0 unspecified atom stereocenters. The first-order chi connectivity index (χ1) is 51.4. The number of hydrogen-bond acceptors (Lipinski definition) is 10. The minimum atomic E-state index is 0.517. The molecule has 6 aromatic heterocycles. The second-order valence-electron chi connectivity index (χ2n) is 25.6. The summed E-state index contributed by atoms with van der Waals surface area (Å²) in [7, 11) is 0. The van der Waals surface area contributed by atoms with E-state index < -0.39 is 0 Å². The van der Waals surface area contributed by atoms with E-state index in [1.807, 2.05) is 150 Å². The van der Waals surface area contributed by atoms with Gasteiger partial charge in [0, 0.05) is 107 Å². The fourth-order valence-corrected chi connectivity index (χ4v) is 17.0. The topological polar surface area (TPSA) is 135 Å². The maximum Gasteiger partial charge on any atom is 0.164 e. The molecule has 20 rings (SSSR count). The Morgan fingerprint density at radius 2 is 0.587 bits per heavy atom. The highest BCUT2D eigenvalue weighted by Gasteiger charge is 2.22. The number of para-hydroxylation sites is 1. The first kappa shape index (κ1) is 61.2. The molecular formula is C92H54N10S2. The number of benzene rings is 14. The molecule has 484 valence electrons. The Balaban J connectivity index is 0.000000143. The number of aromatic nitrogens is 8. The average molecular weight is 1360 g/mol. The fourth-order valence-electron chi connectivity index (χ4n) is 14.5. The van der Waals surface area contributed by atoms with Crippen molar-refractivity contribution in [3.05, 3.63) is 339 Å². The molecule has 0 N–H and O–H groups in total. The van der Waals surface area contributed by atoms with Gasteiger partial charge in [-0.25, -0.2) is 29.9 Å². The summed E-state index contributed by atoms with van der Waals surface area (Å²) in [6.07, 6.45) is 0. The molecule has 0 atom stereocenters. The zero-order valence-corrected chi connectivity index (χ0v) is 57.1. The van der Waals surface area contributed by atoms with Crippen molar-refractivity contribution in [2.24, 2.45) is 0 Å². The van der Waals surface area contributed by atoms with Crippen LogP contribution in [0.5, 0.6) is 0 Å². The lowest BCUT2D eigenvalue weighted by atomic mass is 10.0. The third-order valence-electron chi connectivity index (χ3n) is 19.3. The predicted molar refractivity (Wildman–Crippen MR) is 427 cm³/mol. The van der Waals surface area contributed by atoms with E-state index in [2.05, 4.69) is 215 Å². The molecule has 6 heterocycles. The zero-order valence-electron chi connectivity index (χ0n) is 55.5. The van der Waals surface area contributed by atoms with Crippen LogP contribution in [0.3, 0.4) is 0 Å². The highest BCUT2D eigenvalue weighted by Crippen LogP contribution is 2.45. The maximum atomic E-state index is 9.84. The van der Waals surface area contributed by atoms with E-state index in [4.69, 9.17) is 29.9 Å². The SMILES string of the molecule is N#Cc1ccc2c(c1)c1ccc(-c3cccc4c3sc3ccccc34)cc1n2-c1cccc(-c2nc(-c3ccccc3)nc(-c3ccccc3)n2)c1.N#Cc1cccc(-c2nc(-c3ccccc3)nc(-c3cccc(-n4c5ccccc5c5ccc(-c6cccc7c6sc6ccccc67)cc54)c3)n2)c1. The largest absolute Gasteiger partial charge is 0.309 e. The van der Waals surface area contributed by atoms with Crippen LogP contribution in [0.1, 0.15) is 11.1 Å². The van der Waals surface area contributed by atoms with Gasteiger partial charge >= 0.3 is 0 Å². The monoisotopic (exact) mass is 1360 g/mol. The maximum absolute atomic E-state index is 9.84. The van der Waals surface area contributed by atoms with Gasteiger partial charge in [-0.15, -0.1) is 22.7 Å². The Kier molecular flexibility index (Phi) is 15.1. The van der Waals surface area contributed by atoms with Crippen molar-refractivity contribution >= 4 is 107 Å². The predicted octanol–water partition coefficient (Wildman–Crippen LogP) is 23.8.